The van der Waals surface area contributed by atoms with Crippen molar-refractivity contribution in [3.8, 4) is 6.07 Å². The molecule has 6 heteroatoms. The molecule has 3 rings (SSSR count). The Morgan fingerprint density at radius 2 is 1.50 bits per heavy atom. The Morgan fingerprint density at radius 3 is 1.96 bits per heavy atom. The molecule has 2 aromatic carbocycles. The molecule has 0 saturated carbocycles. The fourth-order valence-corrected chi connectivity index (χ4v) is 4.96. The van der Waals surface area contributed by atoms with E-state index in [4.69, 9.17) is 11.0 Å². The van der Waals surface area contributed by atoms with Crippen LogP contribution in [0.4, 0.5) is 5.82 Å². The minimum Gasteiger partial charge on any atom is -0.384 e. The van der Waals surface area contributed by atoms with Gasteiger partial charge in [0, 0.05) is 18.2 Å². The number of nitrogens with two attached hydrogens (primary N) is 1. The van der Waals surface area contributed by atoms with Crippen LogP contribution in [0.15, 0.2) is 65.6 Å². The van der Waals surface area contributed by atoms with E-state index >= 15 is 0 Å². The normalized spacial score (nSPS) is 11.5. The highest BCUT2D eigenvalue weighted by atomic mass is 32.2. The summed E-state index contributed by atoms with van der Waals surface area (Å²) in [7, 11) is -3.75. The summed E-state index contributed by atoms with van der Waals surface area (Å²) in [6.07, 6.45) is 0. The second-order valence-corrected chi connectivity index (χ2v) is 8.75. The molecule has 0 aliphatic carbocycles. The minimum atomic E-state index is -3.75. The average molecular weight is 394 g/mol. The molecule has 0 aliphatic rings. The van der Waals surface area contributed by atoms with Crippen LogP contribution in [0, 0.1) is 25.2 Å². The van der Waals surface area contributed by atoms with E-state index in [0.29, 0.717) is 12.1 Å². The SMILES string of the molecule is Cc1c(S(=O)(=O)CC#N)c(N)n(CC(c2ccccc2)c2ccccc2)c1C. The van der Waals surface area contributed by atoms with Gasteiger partial charge in [-0.25, -0.2) is 8.42 Å². The van der Waals surface area contributed by atoms with E-state index in [1.165, 1.54) is 0 Å². The summed E-state index contributed by atoms with van der Waals surface area (Å²) in [6, 6.07) is 21.9. The van der Waals surface area contributed by atoms with Crippen molar-refractivity contribution in [3.63, 3.8) is 0 Å². The predicted octanol–water partition coefficient (Wildman–Crippen LogP) is 3.82. The van der Waals surface area contributed by atoms with Crippen LogP contribution in [0.2, 0.25) is 0 Å². The standard InChI is InChI=1S/C22H23N3O2S/c1-16-17(2)25(22(24)21(16)28(26,27)14-13-23)15-20(18-9-5-3-6-10-18)19-11-7-4-8-12-19/h3-12,20H,14-15,24H2,1-2H3. The van der Waals surface area contributed by atoms with E-state index in [1.54, 1.807) is 13.0 Å². The quantitative estimate of drug-likeness (QED) is 0.689. The first-order valence-electron chi connectivity index (χ1n) is 9.01. The van der Waals surface area contributed by atoms with Crippen LogP contribution < -0.4 is 5.73 Å². The molecule has 0 radical (unpaired) electrons. The van der Waals surface area contributed by atoms with Gasteiger partial charge in [0.1, 0.15) is 16.5 Å². The Balaban J connectivity index is 2.12. The third kappa shape index (κ3) is 3.67. The fourth-order valence-electron chi connectivity index (χ4n) is 3.60. The van der Waals surface area contributed by atoms with E-state index in [2.05, 4.69) is 24.3 Å². The molecule has 144 valence electrons. The van der Waals surface area contributed by atoms with Gasteiger partial charge in [-0.15, -0.1) is 0 Å². The zero-order valence-electron chi connectivity index (χ0n) is 16.0. The monoisotopic (exact) mass is 393 g/mol. The fraction of sp³-hybridized carbons (Fsp3) is 0.227. The largest absolute Gasteiger partial charge is 0.384 e. The molecule has 1 aromatic heterocycles. The first-order chi connectivity index (χ1) is 13.4. The van der Waals surface area contributed by atoms with Gasteiger partial charge in [0.2, 0.25) is 0 Å². The van der Waals surface area contributed by atoms with Crippen LogP contribution in [0.1, 0.15) is 28.3 Å². The van der Waals surface area contributed by atoms with Gasteiger partial charge in [0.15, 0.2) is 9.84 Å². The van der Waals surface area contributed by atoms with Gasteiger partial charge in [-0.05, 0) is 30.5 Å². The van der Waals surface area contributed by atoms with Crippen molar-refractivity contribution in [2.24, 2.45) is 0 Å². The van der Waals surface area contributed by atoms with Crippen LogP contribution >= 0.6 is 0 Å². The van der Waals surface area contributed by atoms with Gasteiger partial charge in [0.05, 0.1) is 6.07 Å². The van der Waals surface area contributed by atoms with E-state index in [1.807, 2.05) is 47.9 Å². The van der Waals surface area contributed by atoms with Gasteiger partial charge in [-0.2, -0.15) is 5.26 Å². The molecule has 3 aromatic rings. The molecule has 5 nitrogen and oxygen atoms in total. The van der Waals surface area contributed by atoms with Gasteiger partial charge in [-0.3, -0.25) is 0 Å². The predicted molar refractivity (Wildman–Crippen MR) is 111 cm³/mol. The topological polar surface area (TPSA) is 88.9 Å². The van der Waals surface area contributed by atoms with Gasteiger partial charge in [0.25, 0.3) is 0 Å². The molecular formula is C22H23N3O2S. The first kappa shape index (κ1) is 19.7. The molecule has 0 unspecified atom stereocenters. The maximum atomic E-state index is 12.5. The van der Waals surface area contributed by atoms with Crippen LogP contribution in [-0.2, 0) is 16.4 Å². The maximum Gasteiger partial charge on any atom is 0.195 e. The summed E-state index contributed by atoms with van der Waals surface area (Å²) in [5, 5.41) is 8.89. The zero-order valence-corrected chi connectivity index (χ0v) is 16.8. The zero-order chi connectivity index (χ0) is 20.3. The second-order valence-electron chi connectivity index (χ2n) is 6.83. The van der Waals surface area contributed by atoms with E-state index in [9.17, 15) is 8.42 Å². The third-order valence-electron chi connectivity index (χ3n) is 5.15. The van der Waals surface area contributed by atoms with Gasteiger partial charge >= 0.3 is 0 Å². The molecule has 0 aliphatic heterocycles. The maximum absolute atomic E-state index is 12.5. The summed E-state index contributed by atoms with van der Waals surface area (Å²) in [4.78, 5) is 0.0754. The molecule has 2 N–H and O–H groups in total. The lowest BCUT2D eigenvalue weighted by Crippen LogP contribution is -2.15. The highest BCUT2D eigenvalue weighted by Crippen LogP contribution is 2.34. The van der Waals surface area contributed by atoms with E-state index in [-0.39, 0.29) is 16.6 Å². The minimum absolute atomic E-state index is 0.0155. The van der Waals surface area contributed by atoms with Crippen LogP contribution in [-0.4, -0.2) is 18.7 Å². The molecule has 28 heavy (non-hydrogen) atoms. The Bertz CT molecular complexity index is 1070. The van der Waals surface area contributed by atoms with Crippen LogP contribution in [0.5, 0.6) is 0 Å². The van der Waals surface area contributed by atoms with Crippen molar-refractivity contribution >= 4 is 15.7 Å². The van der Waals surface area contributed by atoms with Crippen molar-refractivity contribution in [1.29, 1.82) is 5.26 Å². The van der Waals surface area contributed by atoms with Gasteiger partial charge < -0.3 is 10.3 Å². The van der Waals surface area contributed by atoms with E-state index < -0.39 is 15.6 Å². The number of anilines is 1. The van der Waals surface area contributed by atoms with Crippen molar-refractivity contribution in [1.82, 2.24) is 4.57 Å². The number of benzene rings is 2. The molecular weight excluding hydrogens is 370 g/mol. The number of hydrogen-bond acceptors (Lipinski definition) is 4. The summed E-state index contributed by atoms with van der Waals surface area (Å²) in [5.41, 5.74) is 9.95. The van der Waals surface area contributed by atoms with Crippen molar-refractivity contribution in [2.45, 2.75) is 31.2 Å². The second kappa shape index (κ2) is 7.91. The first-order valence-corrected chi connectivity index (χ1v) is 10.7. The molecule has 0 fully saturated rings. The Labute approximate surface area is 166 Å². The molecule has 0 atom stereocenters. The Hall–Kier alpha value is -3.04. The Morgan fingerprint density at radius 1 is 1.00 bits per heavy atom. The number of hydrogen-bond donors (Lipinski definition) is 1. The highest BCUT2D eigenvalue weighted by molar-refractivity contribution is 7.91. The van der Waals surface area contributed by atoms with E-state index in [0.717, 1.165) is 16.8 Å². The number of nitriles is 1. The summed E-state index contributed by atoms with van der Waals surface area (Å²) in [5.74, 6) is -0.369. The van der Waals surface area contributed by atoms with Crippen molar-refractivity contribution in [3.05, 3.63) is 83.0 Å². The van der Waals surface area contributed by atoms with Gasteiger partial charge in [-0.1, -0.05) is 60.7 Å². The lowest BCUT2D eigenvalue weighted by Gasteiger charge is -2.21. The highest BCUT2D eigenvalue weighted by Gasteiger charge is 2.28. The average Bonchev–Trinajstić information content (AvgIpc) is 2.90. The number of nitrogen functional groups attached to an aromatic ring is 1. The lowest BCUT2D eigenvalue weighted by molar-refractivity contribution is 0.597. The van der Waals surface area contributed by atoms with Crippen LogP contribution in [0.25, 0.3) is 0 Å². The molecule has 1 heterocycles. The van der Waals surface area contributed by atoms with Crippen molar-refractivity contribution < 1.29 is 8.42 Å². The number of sulfone groups is 1. The number of nitrogens with zero attached hydrogens (tertiary/aromatic N) is 2. The molecule has 0 saturated heterocycles. The third-order valence-corrected chi connectivity index (χ3v) is 6.79. The summed E-state index contributed by atoms with van der Waals surface area (Å²) < 4.78 is 27.0. The summed E-state index contributed by atoms with van der Waals surface area (Å²) in [6.45, 7) is 4.12. The lowest BCUT2D eigenvalue weighted by atomic mass is 9.91. The summed E-state index contributed by atoms with van der Waals surface area (Å²) >= 11 is 0. The van der Waals surface area contributed by atoms with Crippen molar-refractivity contribution in [2.75, 3.05) is 11.5 Å². The molecule has 0 bridgehead atoms. The number of rotatable bonds is 6. The molecule has 0 spiro atoms. The Kier molecular flexibility index (Phi) is 5.57. The molecule has 0 amide bonds. The van der Waals surface area contributed by atoms with Crippen LogP contribution in [0.3, 0.4) is 0 Å². The number of aromatic nitrogens is 1. The smallest absolute Gasteiger partial charge is 0.195 e.